The van der Waals surface area contributed by atoms with E-state index in [1.54, 1.807) is 6.20 Å². The van der Waals surface area contributed by atoms with Crippen LogP contribution in [-0.2, 0) is 0 Å². The van der Waals surface area contributed by atoms with Crippen molar-refractivity contribution in [1.29, 1.82) is 0 Å². The maximum atomic E-state index is 9.29. The number of nitrogens with zero attached hydrogens (tertiary/aromatic N) is 2. The largest absolute Gasteiger partial charge is 0.396 e. The molecule has 2 unspecified atom stereocenters. The molecule has 22 heavy (non-hydrogen) atoms. The highest BCUT2D eigenvalue weighted by molar-refractivity contribution is 5.98. The van der Waals surface area contributed by atoms with Gasteiger partial charge in [-0.05, 0) is 31.6 Å². The number of fused-ring (bicyclic) bond motifs is 1. The van der Waals surface area contributed by atoms with Gasteiger partial charge in [0.15, 0.2) is 0 Å². The predicted molar refractivity (Wildman–Crippen MR) is 92.8 cm³/mol. The molecule has 0 fully saturated rings. The first-order valence-corrected chi connectivity index (χ1v) is 8.45. The van der Waals surface area contributed by atoms with Crippen LogP contribution in [0.25, 0.3) is 0 Å². The number of hydrogen-bond acceptors (Lipinski definition) is 5. The van der Waals surface area contributed by atoms with Gasteiger partial charge in [0.25, 0.3) is 0 Å². The van der Waals surface area contributed by atoms with Crippen molar-refractivity contribution in [2.45, 2.75) is 60.0 Å². The third-order valence-corrected chi connectivity index (χ3v) is 4.37. The molecule has 0 aromatic carbocycles. The lowest BCUT2D eigenvalue weighted by atomic mass is 9.93. The van der Waals surface area contributed by atoms with Crippen molar-refractivity contribution in [2.75, 3.05) is 6.61 Å². The van der Waals surface area contributed by atoms with Gasteiger partial charge in [0, 0.05) is 24.7 Å². The number of rotatable bonds is 6. The number of hydrogen-bond donors (Lipinski definition) is 3. The van der Waals surface area contributed by atoms with Gasteiger partial charge < -0.3 is 21.1 Å². The van der Waals surface area contributed by atoms with Gasteiger partial charge in [0.1, 0.15) is 17.7 Å². The van der Waals surface area contributed by atoms with E-state index in [0.29, 0.717) is 17.7 Å². The van der Waals surface area contributed by atoms with Crippen molar-refractivity contribution in [1.82, 2.24) is 10.2 Å². The number of aliphatic hydroxyl groups is 1. The molecule has 0 aromatic heterocycles. The van der Waals surface area contributed by atoms with Gasteiger partial charge in [0.2, 0.25) is 0 Å². The lowest BCUT2D eigenvalue weighted by Gasteiger charge is -2.31. The van der Waals surface area contributed by atoms with E-state index in [1.807, 2.05) is 27.0 Å². The molecule has 5 heteroatoms. The topological polar surface area (TPSA) is 73.9 Å². The molecule has 0 aromatic rings. The van der Waals surface area contributed by atoms with Gasteiger partial charge in [0.05, 0.1) is 0 Å². The van der Waals surface area contributed by atoms with E-state index in [0.717, 1.165) is 30.7 Å². The van der Waals surface area contributed by atoms with E-state index in [1.165, 1.54) is 0 Å². The Hall–Kier alpha value is -1.49. The monoisotopic (exact) mass is 308 g/mol. The summed E-state index contributed by atoms with van der Waals surface area (Å²) in [7, 11) is 0. The minimum absolute atomic E-state index is 0.228. The summed E-state index contributed by atoms with van der Waals surface area (Å²) in [6.07, 6.45) is 7.14. The molecule has 2 aliphatic heterocycles. The Morgan fingerprint density at radius 3 is 2.68 bits per heavy atom. The number of aliphatic hydroxyl groups excluding tert-OH is 1. The van der Waals surface area contributed by atoms with Crippen LogP contribution in [0.3, 0.4) is 0 Å². The summed E-state index contributed by atoms with van der Waals surface area (Å²) >= 11 is 0. The molecule has 2 heterocycles. The summed E-state index contributed by atoms with van der Waals surface area (Å²) in [4.78, 5) is 6.34. The molecule has 126 valence electrons. The molecular weight excluding hydrogens is 276 g/mol. The molecule has 2 aliphatic rings. The van der Waals surface area contributed by atoms with E-state index < -0.39 is 0 Å². The fourth-order valence-corrected chi connectivity index (χ4v) is 2.93. The second kappa shape index (κ2) is 8.83. The summed E-state index contributed by atoms with van der Waals surface area (Å²) in [6.45, 7) is 10.7. The smallest absolute Gasteiger partial charge is 0.149 e. The van der Waals surface area contributed by atoms with Crippen LogP contribution in [0.2, 0.25) is 0 Å². The molecule has 5 nitrogen and oxygen atoms in total. The zero-order valence-corrected chi connectivity index (χ0v) is 14.6. The Bertz CT molecular complexity index is 438. The molecule has 4 N–H and O–H groups in total. The second-order valence-corrected chi connectivity index (χ2v) is 5.79. The molecule has 0 aliphatic carbocycles. The summed E-state index contributed by atoms with van der Waals surface area (Å²) in [5.41, 5.74) is 8.05. The lowest BCUT2D eigenvalue weighted by Crippen LogP contribution is -2.42. The van der Waals surface area contributed by atoms with Crippen LogP contribution in [-0.4, -0.2) is 28.6 Å². The standard InChI is InChI=1S/C15H26N4O.C2H6/c1-4-12(9-20)6-5-10(2)15-18-11(3)13-14(16)17-7-8-19(13)15;1-2/h7-8,10,12,15,18,20H,4-6,9H2,1-3H3,(H2,16,17);1-2H3/t10?,12-,15?;/m1./s1. The van der Waals surface area contributed by atoms with Crippen molar-refractivity contribution < 1.29 is 5.11 Å². The highest BCUT2D eigenvalue weighted by Crippen LogP contribution is 2.30. The van der Waals surface area contributed by atoms with Crippen LogP contribution in [0.5, 0.6) is 0 Å². The number of nitrogens with one attached hydrogen (secondary N) is 1. The lowest BCUT2D eigenvalue weighted by molar-refractivity contribution is 0.188. The fraction of sp³-hybridized carbons (Fsp3) is 0.706. The van der Waals surface area contributed by atoms with Crippen LogP contribution in [0.15, 0.2) is 28.8 Å². The predicted octanol–water partition coefficient (Wildman–Crippen LogP) is 2.75. The van der Waals surface area contributed by atoms with Crippen molar-refractivity contribution in [3.63, 3.8) is 0 Å². The SMILES string of the molecule is CC.CC[C@@H](CO)CCC(C)C1NC(C)=C2C(N)=NC=CN21. The Kier molecular flexibility index (Phi) is 7.45. The molecule has 2 rings (SSSR count). The van der Waals surface area contributed by atoms with Crippen LogP contribution in [0, 0.1) is 11.8 Å². The van der Waals surface area contributed by atoms with Crippen molar-refractivity contribution >= 4 is 5.84 Å². The Morgan fingerprint density at radius 1 is 1.41 bits per heavy atom. The summed E-state index contributed by atoms with van der Waals surface area (Å²) in [5.74, 6) is 1.46. The number of nitrogens with two attached hydrogens (primary N) is 1. The molecular formula is C17H32N4O. The first-order valence-electron chi connectivity index (χ1n) is 8.45. The highest BCUT2D eigenvalue weighted by Gasteiger charge is 2.34. The van der Waals surface area contributed by atoms with Gasteiger partial charge in [-0.15, -0.1) is 0 Å². The Labute approximate surface area is 135 Å². The minimum Gasteiger partial charge on any atom is -0.396 e. The van der Waals surface area contributed by atoms with Crippen LogP contribution in [0.1, 0.15) is 53.9 Å². The average Bonchev–Trinajstić information content (AvgIpc) is 2.88. The van der Waals surface area contributed by atoms with Crippen molar-refractivity contribution in [2.24, 2.45) is 22.6 Å². The molecule has 0 saturated heterocycles. The molecule has 3 atom stereocenters. The quantitative estimate of drug-likeness (QED) is 0.705. The molecule has 0 spiro atoms. The number of amidine groups is 1. The average molecular weight is 308 g/mol. The van der Waals surface area contributed by atoms with Crippen LogP contribution >= 0.6 is 0 Å². The van der Waals surface area contributed by atoms with Crippen molar-refractivity contribution in [3.8, 4) is 0 Å². The summed E-state index contributed by atoms with van der Waals surface area (Å²) < 4.78 is 0. The first-order chi connectivity index (χ1) is 10.6. The molecule has 0 bridgehead atoms. The number of allylic oxidation sites excluding steroid dienone is 1. The normalized spacial score (nSPS) is 22.4. The molecule has 0 radical (unpaired) electrons. The molecule has 0 saturated carbocycles. The van der Waals surface area contributed by atoms with E-state index in [-0.39, 0.29) is 12.8 Å². The summed E-state index contributed by atoms with van der Waals surface area (Å²) in [6, 6.07) is 0. The zero-order valence-electron chi connectivity index (χ0n) is 14.6. The third kappa shape index (κ3) is 4.03. The van der Waals surface area contributed by atoms with Gasteiger partial charge in [-0.25, -0.2) is 4.99 Å². The Morgan fingerprint density at radius 2 is 2.09 bits per heavy atom. The highest BCUT2D eigenvalue weighted by atomic mass is 16.3. The van der Waals surface area contributed by atoms with Gasteiger partial charge in [-0.1, -0.05) is 34.1 Å². The first kappa shape index (κ1) is 18.6. The minimum atomic E-state index is 0.228. The van der Waals surface area contributed by atoms with E-state index in [9.17, 15) is 5.11 Å². The fourth-order valence-electron chi connectivity index (χ4n) is 2.93. The van der Waals surface area contributed by atoms with Gasteiger partial charge >= 0.3 is 0 Å². The Balaban J connectivity index is 0.00000116. The zero-order chi connectivity index (χ0) is 16.7. The van der Waals surface area contributed by atoms with Crippen LogP contribution < -0.4 is 11.1 Å². The number of aliphatic imine (C=N–C) groups is 1. The van der Waals surface area contributed by atoms with Crippen molar-refractivity contribution in [3.05, 3.63) is 23.8 Å². The second-order valence-electron chi connectivity index (χ2n) is 5.79. The maximum absolute atomic E-state index is 9.29. The van der Waals surface area contributed by atoms with Gasteiger partial charge in [-0.3, -0.25) is 0 Å². The van der Waals surface area contributed by atoms with E-state index >= 15 is 0 Å². The van der Waals surface area contributed by atoms with E-state index in [2.05, 4.69) is 29.1 Å². The van der Waals surface area contributed by atoms with E-state index in [4.69, 9.17) is 5.73 Å². The van der Waals surface area contributed by atoms with Gasteiger partial charge in [-0.2, -0.15) is 0 Å². The third-order valence-electron chi connectivity index (χ3n) is 4.37. The summed E-state index contributed by atoms with van der Waals surface area (Å²) in [5, 5.41) is 12.8. The maximum Gasteiger partial charge on any atom is 0.149 e. The molecule has 0 amide bonds. The van der Waals surface area contributed by atoms with Crippen LogP contribution in [0.4, 0.5) is 0 Å².